The van der Waals surface area contributed by atoms with Crippen LogP contribution in [0.4, 0.5) is 26.3 Å². The third-order valence-corrected chi connectivity index (χ3v) is 5.62. The number of ether oxygens (including phenoxy) is 1. The van der Waals surface area contributed by atoms with E-state index in [9.17, 15) is 31.1 Å². The minimum absolute atomic E-state index is 0.0300. The molecule has 3 N–H and O–H groups in total. The van der Waals surface area contributed by atoms with E-state index in [1.165, 1.54) is 24.1 Å². The molecule has 0 saturated carbocycles. The number of nitrogens with one attached hydrogen (secondary N) is 1. The van der Waals surface area contributed by atoms with Crippen molar-refractivity contribution >= 4 is 17.5 Å². The van der Waals surface area contributed by atoms with Gasteiger partial charge in [-0.05, 0) is 47.5 Å². The first-order chi connectivity index (χ1) is 17.8. The highest BCUT2D eigenvalue weighted by molar-refractivity contribution is 6.31. The summed E-state index contributed by atoms with van der Waals surface area (Å²) in [4.78, 5) is 14.3. The van der Waals surface area contributed by atoms with Gasteiger partial charge in [0, 0.05) is 25.2 Å². The number of likely N-dealkylation sites (N-methyl/N-ethyl adjacent to an activating group) is 1. The van der Waals surface area contributed by atoms with Crippen LogP contribution in [0.25, 0.3) is 0 Å². The predicted molar refractivity (Wildman–Crippen MR) is 129 cm³/mol. The van der Waals surface area contributed by atoms with Gasteiger partial charge in [0.1, 0.15) is 5.75 Å². The summed E-state index contributed by atoms with van der Waals surface area (Å²) in [5.41, 5.74) is 2.95. The van der Waals surface area contributed by atoms with Gasteiger partial charge >= 0.3 is 12.4 Å². The van der Waals surface area contributed by atoms with E-state index < -0.39 is 41.6 Å². The second kappa shape index (κ2) is 11.7. The molecule has 202 valence electrons. The number of hydrogen-bond acceptors (Lipinski definition) is 4. The monoisotopic (exact) mass is 557 g/mol. The maximum absolute atomic E-state index is 13.3. The number of nitrogens with zero attached hydrogens (tertiary/aromatic N) is 1. The average Bonchev–Trinajstić information content (AvgIpc) is 2.86. The molecule has 0 radical (unpaired) electrons. The summed E-state index contributed by atoms with van der Waals surface area (Å²) in [6.45, 7) is -0.488. The molecule has 0 aliphatic heterocycles. The SMILES string of the molecule is CN(Cc1ccccc1Cl)C(=O)/C(N)=C(/NCc1cc(C(F)(F)F)cc(C(F)(F)F)c1)Oc1ccccc1. The average molecular weight is 558 g/mol. The number of hydrogen-bond donors (Lipinski definition) is 2. The fraction of sp³-hybridized carbons (Fsp3) is 0.192. The van der Waals surface area contributed by atoms with Crippen LogP contribution in [-0.4, -0.2) is 17.9 Å². The molecule has 0 fully saturated rings. The first-order valence-corrected chi connectivity index (χ1v) is 11.4. The van der Waals surface area contributed by atoms with Crippen molar-refractivity contribution in [2.45, 2.75) is 25.4 Å². The third-order valence-electron chi connectivity index (χ3n) is 5.25. The topological polar surface area (TPSA) is 67.6 Å². The van der Waals surface area contributed by atoms with Crippen LogP contribution in [-0.2, 0) is 30.2 Å². The molecule has 0 aromatic heterocycles. The van der Waals surface area contributed by atoms with Crippen LogP contribution in [0.3, 0.4) is 0 Å². The molecular weight excluding hydrogens is 536 g/mol. The number of amides is 1. The Morgan fingerprint density at radius 3 is 2.03 bits per heavy atom. The zero-order valence-electron chi connectivity index (χ0n) is 19.8. The predicted octanol–water partition coefficient (Wildman–Crippen LogP) is 6.33. The highest BCUT2D eigenvalue weighted by Gasteiger charge is 2.37. The minimum Gasteiger partial charge on any atom is -0.439 e. The molecule has 38 heavy (non-hydrogen) atoms. The highest BCUT2D eigenvalue weighted by Crippen LogP contribution is 2.36. The van der Waals surface area contributed by atoms with Gasteiger partial charge in [-0.15, -0.1) is 0 Å². The first kappa shape index (κ1) is 28.7. The van der Waals surface area contributed by atoms with E-state index in [4.69, 9.17) is 22.1 Å². The molecule has 3 rings (SSSR count). The fourth-order valence-electron chi connectivity index (χ4n) is 3.35. The Balaban J connectivity index is 1.93. The van der Waals surface area contributed by atoms with Gasteiger partial charge < -0.3 is 20.7 Å². The standard InChI is InChI=1S/C26H22ClF6N3O2/c1-36(15-17-7-5-6-10-21(17)27)24(37)22(34)23(38-20-8-3-2-4-9-20)35-14-16-11-18(25(28,29)30)13-19(12-16)26(31,32)33/h2-13,35H,14-15,34H2,1H3/b23-22+. The molecule has 5 nitrogen and oxygen atoms in total. The Bertz CT molecular complexity index is 1280. The summed E-state index contributed by atoms with van der Waals surface area (Å²) in [5.74, 6) is -0.846. The van der Waals surface area contributed by atoms with Crippen molar-refractivity contribution in [1.29, 1.82) is 0 Å². The van der Waals surface area contributed by atoms with E-state index >= 15 is 0 Å². The van der Waals surface area contributed by atoms with Gasteiger partial charge in [0.05, 0.1) is 11.1 Å². The number of halogens is 7. The first-order valence-electron chi connectivity index (χ1n) is 11.0. The zero-order valence-corrected chi connectivity index (χ0v) is 20.6. The van der Waals surface area contributed by atoms with Crippen LogP contribution in [0.5, 0.6) is 5.75 Å². The molecule has 0 saturated heterocycles. The van der Waals surface area contributed by atoms with Crippen LogP contribution in [0.2, 0.25) is 5.02 Å². The van der Waals surface area contributed by atoms with E-state index in [0.717, 1.165) is 0 Å². The van der Waals surface area contributed by atoms with Crippen LogP contribution in [0.15, 0.2) is 84.4 Å². The number of benzene rings is 3. The number of alkyl halides is 6. The zero-order chi connectivity index (χ0) is 28.1. The van der Waals surface area contributed by atoms with Crippen molar-refractivity contribution in [2.75, 3.05) is 7.05 Å². The molecule has 3 aromatic rings. The van der Waals surface area contributed by atoms with E-state index in [0.29, 0.717) is 22.7 Å². The number of carbonyl (C=O) groups is 1. The van der Waals surface area contributed by atoms with E-state index in [2.05, 4.69) is 5.32 Å². The van der Waals surface area contributed by atoms with Crippen molar-refractivity contribution in [3.8, 4) is 5.75 Å². The Hall–Kier alpha value is -3.86. The highest BCUT2D eigenvalue weighted by atomic mass is 35.5. The lowest BCUT2D eigenvalue weighted by Crippen LogP contribution is -2.35. The summed E-state index contributed by atoms with van der Waals surface area (Å²) in [5, 5.41) is 2.99. The molecule has 0 aliphatic carbocycles. The summed E-state index contributed by atoms with van der Waals surface area (Å²) in [7, 11) is 1.45. The molecule has 0 spiro atoms. The summed E-state index contributed by atoms with van der Waals surface area (Å²) >= 11 is 6.15. The van der Waals surface area contributed by atoms with Crippen molar-refractivity contribution in [3.05, 3.63) is 112 Å². The molecule has 0 bridgehead atoms. The van der Waals surface area contributed by atoms with Crippen molar-refractivity contribution < 1.29 is 35.9 Å². The fourth-order valence-corrected chi connectivity index (χ4v) is 3.55. The summed E-state index contributed by atoms with van der Waals surface area (Å²) in [6, 6.07) is 16.0. The van der Waals surface area contributed by atoms with Crippen LogP contribution >= 0.6 is 11.6 Å². The van der Waals surface area contributed by atoms with Gasteiger partial charge in [0.25, 0.3) is 5.91 Å². The van der Waals surface area contributed by atoms with Gasteiger partial charge in [0.15, 0.2) is 5.70 Å². The van der Waals surface area contributed by atoms with Gasteiger partial charge in [-0.25, -0.2) is 0 Å². The molecule has 12 heteroatoms. The Morgan fingerprint density at radius 2 is 1.47 bits per heavy atom. The Labute approximate surface area is 219 Å². The smallest absolute Gasteiger partial charge is 0.416 e. The van der Waals surface area contributed by atoms with Crippen molar-refractivity contribution in [2.24, 2.45) is 5.73 Å². The second-order valence-corrected chi connectivity index (χ2v) is 8.59. The van der Waals surface area contributed by atoms with Crippen molar-refractivity contribution in [1.82, 2.24) is 10.2 Å². The molecule has 3 aromatic carbocycles. The molecule has 0 aliphatic rings. The quantitative estimate of drug-likeness (QED) is 0.193. The number of carbonyl (C=O) groups excluding carboxylic acids is 1. The largest absolute Gasteiger partial charge is 0.439 e. The van der Waals surface area contributed by atoms with Crippen LogP contribution in [0, 0.1) is 0 Å². The molecule has 1 amide bonds. The molecular formula is C26H22ClF6N3O2. The maximum atomic E-state index is 13.3. The van der Waals surface area contributed by atoms with Gasteiger partial charge in [-0.2, -0.15) is 26.3 Å². The minimum atomic E-state index is -5.01. The summed E-state index contributed by atoms with van der Waals surface area (Å²) in [6.07, 6.45) is -10.0. The van der Waals surface area contributed by atoms with E-state index in [-0.39, 0.29) is 29.8 Å². The van der Waals surface area contributed by atoms with E-state index in [1.807, 2.05) is 0 Å². The third kappa shape index (κ3) is 7.58. The Morgan fingerprint density at radius 1 is 0.921 bits per heavy atom. The summed E-state index contributed by atoms with van der Waals surface area (Å²) < 4.78 is 85.2. The van der Waals surface area contributed by atoms with E-state index in [1.54, 1.807) is 42.5 Å². The van der Waals surface area contributed by atoms with Crippen molar-refractivity contribution in [3.63, 3.8) is 0 Å². The normalized spacial score (nSPS) is 12.5. The molecule has 0 heterocycles. The lowest BCUT2D eigenvalue weighted by atomic mass is 10.0. The molecule has 0 unspecified atom stereocenters. The number of rotatable bonds is 8. The Kier molecular flexibility index (Phi) is 8.82. The van der Waals surface area contributed by atoms with Crippen LogP contribution in [0.1, 0.15) is 22.3 Å². The van der Waals surface area contributed by atoms with Gasteiger partial charge in [-0.1, -0.05) is 48.0 Å². The number of nitrogens with two attached hydrogens (primary N) is 1. The lowest BCUT2D eigenvalue weighted by molar-refractivity contribution is -0.143. The van der Waals surface area contributed by atoms with Gasteiger partial charge in [-0.3, -0.25) is 4.79 Å². The lowest BCUT2D eigenvalue weighted by Gasteiger charge is -2.21. The van der Waals surface area contributed by atoms with Crippen LogP contribution < -0.4 is 15.8 Å². The van der Waals surface area contributed by atoms with Gasteiger partial charge in [0.2, 0.25) is 5.88 Å². The second-order valence-electron chi connectivity index (χ2n) is 8.18. The molecule has 0 atom stereocenters. The number of para-hydroxylation sites is 1. The maximum Gasteiger partial charge on any atom is 0.416 e.